The predicted molar refractivity (Wildman–Crippen MR) is 45.3 cm³/mol. The quantitative estimate of drug-likeness (QED) is 0.488. The third kappa shape index (κ3) is 9.94. The molecule has 0 atom stereocenters. The summed E-state index contributed by atoms with van der Waals surface area (Å²) in [6.07, 6.45) is 0.580. The van der Waals surface area contributed by atoms with Gasteiger partial charge in [0, 0.05) is 0 Å². The maximum absolute atomic E-state index is 10.6. The molecule has 0 saturated carbocycles. The molecule has 0 aliphatic rings. The molecule has 0 aromatic carbocycles. The summed E-state index contributed by atoms with van der Waals surface area (Å²) in [5.74, 6) is -1.41. The van der Waals surface area contributed by atoms with E-state index in [4.69, 9.17) is 5.11 Å². The van der Waals surface area contributed by atoms with E-state index >= 15 is 0 Å². The Morgan fingerprint density at radius 1 is 1.33 bits per heavy atom. The molecule has 0 heterocycles. The van der Waals surface area contributed by atoms with Crippen LogP contribution in [0.3, 0.4) is 0 Å². The summed E-state index contributed by atoms with van der Waals surface area (Å²) < 4.78 is 4.64. The normalized spacial score (nSPS) is 8.42. The Hall–Kier alpha value is -0.0600. The van der Waals surface area contributed by atoms with Gasteiger partial charge in [-0.3, -0.25) is 9.59 Å². The Balaban J connectivity index is 0. The van der Waals surface area contributed by atoms with Crippen molar-refractivity contribution >= 4 is 41.5 Å². The van der Waals surface area contributed by atoms with Crippen LogP contribution in [0.5, 0.6) is 0 Å². The second kappa shape index (κ2) is 9.03. The number of ether oxygens (including phenoxy) is 1. The number of rotatable bonds is 5. The Morgan fingerprint density at radius 2 is 1.92 bits per heavy atom. The van der Waals surface area contributed by atoms with Crippen molar-refractivity contribution in [3.05, 3.63) is 0 Å². The van der Waals surface area contributed by atoms with Crippen LogP contribution in [-0.2, 0) is 14.3 Å². The zero-order valence-corrected chi connectivity index (χ0v) is 6.50. The van der Waals surface area contributed by atoms with E-state index in [2.05, 4.69) is 4.74 Å². The number of hydrogen-bond acceptors (Lipinski definition) is 3. The fourth-order valence-corrected chi connectivity index (χ4v) is 0.497. The van der Waals surface area contributed by atoms with Crippen LogP contribution in [0.15, 0.2) is 0 Å². The molecule has 0 unspecified atom stereocenters. The Kier molecular flexibility index (Phi) is 10.9. The van der Waals surface area contributed by atoms with Crippen LogP contribution >= 0.6 is 0 Å². The first-order valence-electron chi connectivity index (χ1n) is 3.54. The zero-order chi connectivity index (χ0) is 8.69. The van der Waals surface area contributed by atoms with E-state index in [0.717, 1.165) is 6.42 Å². The molecule has 0 rings (SSSR count). The van der Waals surface area contributed by atoms with Gasteiger partial charge in [-0.2, -0.15) is 0 Å². The van der Waals surface area contributed by atoms with Crippen molar-refractivity contribution in [3.63, 3.8) is 0 Å². The van der Waals surface area contributed by atoms with Crippen LogP contribution < -0.4 is 0 Å². The summed E-state index contributed by atoms with van der Waals surface area (Å²) in [7, 11) is 0. The van der Waals surface area contributed by atoms with E-state index in [0.29, 0.717) is 6.61 Å². The Morgan fingerprint density at radius 3 is 2.33 bits per heavy atom. The van der Waals surface area contributed by atoms with Gasteiger partial charge in [0.15, 0.2) is 0 Å². The second-order valence-electron chi connectivity index (χ2n) is 2.11. The first-order valence-corrected chi connectivity index (χ1v) is 3.54. The number of carbonyl (C=O) groups excluding carboxylic acids is 1. The van der Waals surface area contributed by atoms with E-state index in [1.54, 1.807) is 0 Å². The number of carbonyl (C=O) groups is 2. The van der Waals surface area contributed by atoms with E-state index in [1.807, 2.05) is 6.92 Å². The molecular weight excluding hydrogens is 171 g/mol. The van der Waals surface area contributed by atoms with Gasteiger partial charge in [0.25, 0.3) is 0 Å². The van der Waals surface area contributed by atoms with Gasteiger partial charge in [-0.15, -0.1) is 0 Å². The first-order chi connectivity index (χ1) is 5.16. The monoisotopic (exact) mass is 184 g/mol. The van der Waals surface area contributed by atoms with Gasteiger partial charge in [-0.1, -0.05) is 6.92 Å². The van der Waals surface area contributed by atoms with Crippen LogP contribution in [-0.4, -0.2) is 53.2 Å². The van der Waals surface area contributed by atoms with Crippen LogP contribution in [0.25, 0.3) is 0 Å². The minimum atomic E-state index is -0.974. The van der Waals surface area contributed by atoms with Crippen molar-refractivity contribution in [1.29, 1.82) is 0 Å². The zero-order valence-electron chi connectivity index (χ0n) is 6.50. The molecule has 0 aliphatic heterocycles. The van der Waals surface area contributed by atoms with Crippen molar-refractivity contribution in [2.75, 3.05) is 6.61 Å². The first kappa shape index (κ1) is 14.5. The molecule has 12 heavy (non-hydrogen) atoms. The molecule has 0 amide bonds. The number of aliphatic carboxylic acids is 1. The van der Waals surface area contributed by atoms with Gasteiger partial charge in [0.05, 0.1) is 19.4 Å². The SMILES string of the molecule is CCCOC(=O)CCC(=O)O.[NaH]. The van der Waals surface area contributed by atoms with E-state index in [9.17, 15) is 9.59 Å². The number of esters is 1. The van der Waals surface area contributed by atoms with Crippen molar-refractivity contribution < 1.29 is 19.4 Å². The topological polar surface area (TPSA) is 63.6 Å². The van der Waals surface area contributed by atoms with Gasteiger partial charge < -0.3 is 9.84 Å². The fraction of sp³-hybridized carbons (Fsp3) is 0.714. The van der Waals surface area contributed by atoms with Gasteiger partial charge >= 0.3 is 41.5 Å². The summed E-state index contributed by atoms with van der Waals surface area (Å²) in [4.78, 5) is 20.6. The maximum atomic E-state index is 10.6. The number of carboxylic acids is 1. The van der Waals surface area contributed by atoms with Crippen LogP contribution in [0.1, 0.15) is 26.2 Å². The molecule has 0 aliphatic carbocycles. The summed E-state index contributed by atoms with van der Waals surface area (Å²) in [6, 6.07) is 0. The molecule has 0 aromatic heterocycles. The second-order valence-corrected chi connectivity index (χ2v) is 2.11. The number of carboxylic acid groups (broad SMARTS) is 1. The van der Waals surface area contributed by atoms with E-state index in [1.165, 1.54) is 0 Å². The van der Waals surface area contributed by atoms with Crippen LogP contribution in [0, 0.1) is 0 Å². The van der Waals surface area contributed by atoms with E-state index < -0.39 is 11.9 Å². The molecular formula is C7H13NaO4. The molecule has 0 radical (unpaired) electrons. The van der Waals surface area contributed by atoms with Gasteiger partial charge in [-0.25, -0.2) is 0 Å². The third-order valence-electron chi connectivity index (χ3n) is 1.01. The average molecular weight is 184 g/mol. The van der Waals surface area contributed by atoms with Gasteiger partial charge in [0.2, 0.25) is 0 Å². The van der Waals surface area contributed by atoms with E-state index in [-0.39, 0.29) is 42.4 Å². The fourth-order valence-electron chi connectivity index (χ4n) is 0.497. The Bertz CT molecular complexity index is 146. The van der Waals surface area contributed by atoms with Crippen molar-refractivity contribution in [2.45, 2.75) is 26.2 Å². The van der Waals surface area contributed by atoms with Crippen molar-refractivity contribution in [1.82, 2.24) is 0 Å². The van der Waals surface area contributed by atoms with Crippen molar-refractivity contribution in [3.8, 4) is 0 Å². The molecule has 0 saturated heterocycles. The standard InChI is InChI=1S/C7H12O4.Na.H/c1-2-5-11-7(10)4-3-6(8)9;;/h2-5H2,1H3,(H,8,9);;. The summed E-state index contributed by atoms with van der Waals surface area (Å²) in [5, 5.41) is 8.18. The predicted octanol–water partition coefficient (Wildman–Crippen LogP) is 0.156. The molecule has 1 N–H and O–H groups in total. The molecule has 0 fully saturated rings. The molecule has 66 valence electrons. The Labute approximate surface area is 93.6 Å². The molecule has 0 spiro atoms. The van der Waals surface area contributed by atoms with Crippen LogP contribution in [0.2, 0.25) is 0 Å². The molecule has 4 nitrogen and oxygen atoms in total. The van der Waals surface area contributed by atoms with Gasteiger partial charge in [-0.05, 0) is 6.42 Å². The third-order valence-corrected chi connectivity index (χ3v) is 1.01. The van der Waals surface area contributed by atoms with Crippen LogP contribution in [0.4, 0.5) is 0 Å². The summed E-state index contributed by atoms with van der Waals surface area (Å²) >= 11 is 0. The summed E-state index contributed by atoms with van der Waals surface area (Å²) in [6.45, 7) is 2.25. The summed E-state index contributed by atoms with van der Waals surface area (Å²) in [5.41, 5.74) is 0. The average Bonchev–Trinajstić information content (AvgIpc) is 1.97. The minimum absolute atomic E-state index is 0. The molecule has 5 heteroatoms. The van der Waals surface area contributed by atoms with Gasteiger partial charge in [0.1, 0.15) is 0 Å². The molecule has 0 bridgehead atoms. The number of hydrogen-bond donors (Lipinski definition) is 1. The van der Waals surface area contributed by atoms with Crippen molar-refractivity contribution in [2.24, 2.45) is 0 Å². The molecule has 0 aromatic rings.